The first kappa shape index (κ1) is 18.4. The smallest absolute Gasteiger partial charge is 0.253 e. The van der Waals surface area contributed by atoms with E-state index >= 15 is 0 Å². The minimum absolute atomic E-state index is 0.0653. The van der Waals surface area contributed by atoms with Crippen molar-refractivity contribution < 1.29 is 13.6 Å². The first-order chi connectivity index (χ1) is 14.5. The van der Waals surface area contributed by atoms with Crippen LogP contribution in [-0.4, -0.2) is 54.6 Å². The van der Waals surface area contributed by atoms with Gasteiger partial charge < -0.3 is 4.90 Å². The Hall–Kier alpha value is -3.62. The van der Waals surface area contributed by atoms with Crippen molar-refractivity contribution in [2.75, 3.05) is 13.1 Å². The fourth-order valence-corrected chi connectivity index (χ4v) is 3.70. The summed E-state index contributed by atoms with van der Waals surface area (Å²) in [6, 6.07) is 13.0. The van der Waals surface area contributed by atoms with Crippen LogP contribution in [0.3, 0.4) is 0 Å². The third kappa shape index (κ3) is 3.32. The van der Waals surface area contributed by atoms with E-state index in [2.05, 4.69) is 20.2 Å². The molecule has 1 amide bonds. The minimum atomic E-state index is -2.68. The van der Waals surface area contributed by atoms with Gasteiger partial charge in [0.1, 0.15) is 12.7 Å². The number of aromatic amines is 1. The second kappa shape index (κ2) is 7.01. The number of imidazole rings is 1. The molecule has 7 nitrogen and oxygen atoms in total. The Balaban J connectivity index is 1.39. The molecule has 4 aromatic rings. The number of halogens is 2. The van der Waals surface area contributed by atoms with Crippen LogP contribution in [0.4, 0.5) is 8.78 Å². The highest BCUT2D eigenvalue weighted by atomic mass is 19.3. The molecule has 1 saturated heterocycles. The predicted molar refractivity (Wildman–Crippen MR) is 107 cm³/mol. The molecule has 9 heteroatoms. The van der Waals surface area contributed by atoms with Crippen LogP contribution in [0.2, 0.25) is 0 Å². The van der Waals surface area contributed by atoms with E-state index in [1.165, 1.54) is 11.2 Å². The van der Waals surface area contributed by atoms with E-state index in [9.17, 15) is 13.6 Å². The molecule has 0 radical (unpaired) electrons. The Labute approximate surface area is 170 Å². The van der Waals surface area contributed by atoms with Crippen LogP contribution >= 0.6 is 0 Å². The molecular formula is C21H18F2N6O. The summed E-state index contributed by atoms with van der Waals surface area (Å²) in [5.41, 5.74) is 3.81. The number of rotatable bonds is 3. The Bertz CT molecular complexity index is 1190. The highest BCUT2D eigenvalue weighted by Crippen LogP contribution is 2.29. The summed E-state index contributed by atoms with van der Waals surface area (Å²) in [7, 11) is 0. The van der Waals surface area contributed by atoms with Gasteiger partial charge in [-0.3, -0.25) is 14.5 Å². The molecule has 3 heterocycles. The van der Waals surface area contributed by atoms with E-state index < -0.39 is 5.92 Å². The standard InChI is InChI=1S/C21H18F2N6O/c22-21(23)7-9-28(10-8-21)20(30)15-3-6-18-17(11-15)25-13-29(18)16-4-1-14(2-5-16)19-24-12-26-27-19/h1-6,11-13H,7-10H2,(H,24,26,27). The molecule has 30 heavy (non-hydrogen) atoms. The van der Waals surface area contributed by atoms with E-state index in [1.807, 2.05) is 34.9 Å². The molecule has 2 aromatic carbocycles. The number of amides is 1. The number of fused-ring (bicyclic) bond motifs is 1. The predicted octanol–water partition coefficient (Wildman–Crippen LogP) is 3.68. The molecule has 0 aliphatic carbocycles. The molecule has 1 fully saturated rings. The fourth-order valence-electron chi connectivity index (χ4n) is 3.70. The van der Waals surface area contributed by atoms with Gasteiger partial charge in [-0.05, 0) is 42.5 Å². The maximum Gasteiger partial charge on any atom is 0.253 e. The largest absolute Gasteiger partial charge is 0.338 e. The lowest BCUT2D eigenvalue weighted by Gasteiger charge is -2.31. The minimum Gasteiger partial charge on any atom is -0.338 e. The number of H-pyrrole nitrogens is 1. The summed E-state index contributed by atoms with van der Waals surface area (Å²) in [5, 5.41) is 6.68. The van der Waals surface area contributed by atoms with Crippen LogP contribution in [0.5, 0.6) is 0 Å². The number of hydrogen-bond donors (Lipinski definition) is 1. The van der Waals surface area contributed by atoms with Crippen molar-refractivity contribution in [2.45, 2.75) is 18.8 Å². The second-order valence-electron chi connectivity index (χ2n) is 7.35. The highest BCUT2D eigenvalue weighted by Gasteiger charge is 2.35. The van der Waals surface area contributed by atoms with Crippen molar-refractivity contribution in [3.63, 3.8) is 0 Å². The number of alkyl halides is 2. The molecule has 2 aromatic heterocycles. The molecule has 1 N–H and O–H groups in total. The van der Waals surface area contributed by atoms with Gasteiger partial charge in [-0.15, -0.1) is 0 Å². The summed E-state index contributed by atoms with van der Waals surface area (Å²) < 4.78 is 28.6. The van der Waals surface area contributed by atoms with Gasteiger partial charge in [0.05, 0.1) is 11.0 Å². The Morgan fingerprint density at radius 1 is 1.03 bits per heavy atom. The topological polar surface area (TPSA) is 79.7 Å². The number of aromatic nitrogens is 5. The van der Waals surface area contributed by atoms with Crippen molar-refractivity contribution in [1.29, 1.82) is 0 Å². The van der Waals surface area contributed by atoms with Gasteiger partial charge in [0.15, 0.2) is 5.82 Å². The lowest BCUT2D eigenvalue weighted by Crippen LogP contribution is -2.42. The molecule has 1 aliphatic rings. The number of carbonyl (C=O) groups is 1. The molecule has 0 unspecified atom stereocenters. The molecule has 0 spiro atoms. The Kier molecular flexibility index (Phi) is 4.30. The summed E-state index contributed by atoms with van der Waals surface area (Å²) in [6.07, 6.45) is 2.57. The average Bonchev–Trinajstić information content (AvgIpc) is 3.43. The maximum atomic E-state index is 13.4. The van der Waals surface area contributed by atoms with Crippen molar-refractivity contribution in [2.24, 2.45) is 0 Å². The zero-order valence-corrected chi connectivity index (χ0v) is 15.9. The van der Waals surface area contributed by atoms with Gasteiger partial charge in [-0.1, -0.05) is 0 Å². The number of benzene rings is 2. The summed E-state index contributed by atoms with van der Waals surface area (Å²) in [4.78, 5) is 22.8. The number of nitrogens with zero attached hydrogens (tertiary/aromatic N) is 5. The van der Waals surface area contributed by atoms with E-state index in [4.69, 9.17) is 0 Å². The van der Waals surface area contributed by atoms with Crippen LogP contribution < -0.4 is 0 Å². The van der Waals surface area contributed by atoms with E-state index in [0.29, 0.717) is 16.9 Å². The lowest BCUT2D eigenvalue weighted by molar-refractivity contribution is -0.0494. The number of carbonyl (C=O) groups excluding carboxylic acids is 1. The zero-order chi connectivity index (χ0) is 20.7. The van der Waals surface area contributed by atoms with Crippen LogP contribution in [0.15, 0.2) is 55.1 Å². The van der Waals surface area contributed by atoms with Gasteiger partial charge in [0.25, 0.3) is 11.8 Å². The first-order valence-electron chi connectivity index (χ1n) is 9.61. The quantitative estimate of drug-likeness (QED) is 0.561. The normalized spacial score (nSPS) is 16.1. The third-order valence-corrected chi connectivity index (χ3v) is 5.41. The van der Waals surface area contributed by atoms with Gasteiger partial charge in [0.2, 0.25) is 0 Å². The molecular weight excluding hydrogens is 390 g/mol. The molecule has 0 bridgehead atoms. The maximum absolute atomic E-state index is 13.4. The van der Waals surface area contributed by atoms with E-state index in [1.54, 1.807) is 18.5 Å². The van der Waals surface area contributed by atoms with Crippen molar-refractivity contribution in [3.05, 3.63) is 60.7 Å². The molecule has 0 atom stereocenters. The number of piperidine rings is 1. The highest BCUT2D eigenvalue weighted by molar-refractivity contribution is 5.97. The van der Waals surface area contributed by atoms with Gasteiger partial charge >= 0.3 is 0 Å². The van der Waals surface area contributed by atoms with Gasteiger partial charge in [-0.2, -0.15) is 5.10 Å². The Morgan fingerprint density at radius 3 is 2.50 bits per heavy atom. The molecule has 5 rings (SSSR count). The summed E-state index contributed by atoms with van der Waals surface area (Å²) >= 11 is 0. The number of nitrogens with one attached hydrogen (secondary N) is 1. The summed E-state index contributed by atoms with van der Waals surface area (Å²) in [5.74, 6) is -2.23. The SMILES string of the molecule is O=C(c1ccc2c(c1)ncn2-c1ccc(-c2ncn[nH]2)cc1)N1CCC(F)(F)CC1. The molecule has 0 saturated carbocycles. The Morgan fingerprint density at radius 2 is 1.80 bits per heavy atom. The zero-order valence-electron chi connectivity index (χ0n) is 15.9. The van der Waals surface area contributed by atoms with Crippen LogP contribution in [-0.2, 0) is 0 Å². The van der Waals surface area contributed by atoms with Crippen LogP contribution in [0.1, 0.15) is 23.2 Å². The number of likely N-dealkylation sites (tertiary alicyclic amines) is 1. The molecule has 152 valence electrons. The van der Waals surface area contributed by atoms with Crippen molar-refractivity contribution >= 4 is 16.9 Å². The monoisotopic (exact) mass is 408 g/mol. The average molecular weight is 408 g/mol. The van der Waals surface area contributed by atoms with Crippen molar-refractivity contribution in [1.82, 2.24) is 29.6 Å². The van der Waals surface area contributed by atoms with E-state index in [-0.39, 0.29) is 31.8 Å². The number of hydrogen-bond acceptors (Lipinski definition) is 4. The second-order valence-corrected chi connectivity index (χ2v) is 7.35. The molecule has 1 aliphatic heterocycles. The fraction of sp³-hybridized carbons (Fsp3) is 0.238. The first-order valence-corrected chi connectivity index (χ1v) is 9.61. The van der Waals surface area contributed by atoms with Crippen molar-refractivity contribution in [3.8, 4) is 17.1 Å². The summed E-state index contributed by atoms with van der Waals surface area (Å²) in [6.45, 7) is 0.131. The van der Waals surface area contributed by atoms with Gasteiger partial charge in [-0.25, -0.2) is 18.7 Å². The van der Waals surface area contributed by atoms with Gasteiger partial charge in [0, 0.05) is 42.7 Å². The third-order valence-electron chi connectivity index (χ3n) is 5.41. The van der Waals surface area contributed by atoms with Crippen LogP contribution in [0, 0.1) is 0 Å². The van der Waals surface area contributed by atoms with E-state index in [0.717, 1.165) is 16.8 Å². The van der Waals surface area contributed by atoms with Crippen LogP contribution in [0.25, 0.3) is 28.1 Å². The lowest BCUT2D eigenvalue weighted by atomic mass is 10.1.